The van der Waals surface area contributed by atoms with Crippen molar-refractivity contribution in [3.8, 4) is 0 Å². The van der Waals surface area contributed by atoms with Crippen LogP contribution in [0.15, 0.2) is 35.9 Å². The van der Waals surface area contributed by atoms with Crippen LogP contribution in [0.4, 0.5) is 5.69 Å². The molecule has 0 spiro atoms. The lowest BCUT2D eigenvalue weighted by Crippen LogP contribution is -1.99. The van der Waals surface area contributed by atoms with E-state index in [1.807, 2.05) is 13.0 Å². The normalized spacial score (nSPS) is 20.1. The average Bonchev–Trinajstić information content (AvgIpc) is 2.65. The van der Waals surface area contributed by atoms with Gasteiger partial charge < -0.3 is 4.74 Å². The zero-order chi connectivity index (χ0) is 10.8. The number of ether oxygens (including phenoxy) is 1. The van der Waals surface area contributed by atoms with Gasteiger partial charge in [-0.05, 0) is 30.2 Å². The fourth-order valence-corrected chi connectivity index (χ4v) is 1.64. The quantitative estimate of drug-likeness (QED) is 0.423. The van der Waals surface area contributed by atoms with E-state index in [2.05, 4.69) is 0 Å². The first-order chi connectivity index (χ1) is 7.18. The molecule has 1 aliphatic rings. The summed E-state index contributed by atoms with van der Waals surface area (Å²) in [5.74, 6) is 0. The van der Waals surface area contributed by atoms with E-state index < -0.39 is 4.92 Å². The molecule has 0 amide bonds. The van der Waals surface area contributed by atoms with Gasteiger partial charge in [0.25, 0.3) is 5.69 Å². The molecule has 0 saturated carbocycles. The summed E-state index contributed by atoms with van der Waals surface area (Å²) in [5.41, 5.74) is 2.23. The van der Waals surface area contributed by atoms with Crippen LogP contribution in [0.5, 0.6) is 0 Å². The zero-order valence-corrected chi connectivity index (χ0v) is 8.34. The van der Waals surface area contributed by atoms with Crippen LogP contribution in [0.1, 0.15) is 18.6 Å². The highest BCUT2D eigenvalue weighted by atomic mass is 16.6. The van der Waals surface area contributed by atoms with Crippen molar-refractivity contribution in [2.75, 3.05) is 6.61 Å². The summed E-state index contributed by atoms with van der Waals surface area (Å²) in [4.78, 5) is 10.1. The Balaban J connectivity index is 2.24. The standard InChI is InChI=1S/C11H11NO3/c1-8-6-7-15-11(8)9-2-4-10(5-3-9)12(13)14/h2-6,11H,7H2,1H3. The molecule has 1 aromatic rings. The van der Waals surface area contributed by atoms with Crippen molar-refractivity contribution in [1.82, 2.24) is 0 Å². The van der Waals surface area contributed by atoms with Gasteiger partial charge in [0.1, 0.15) is 6.10 Å². The topological polar surface area (TPSA) is 52.4 Å². The van der Waals surface area contributed by atoms with E-state index in [1.54, 1.807) is 12.1 Å². The predicted molar refractivity (Wildman–Crippen MR) is 55.5 cm³/mol. The van der Waals surface area contributed by atoms with Gasteiger partial charge in [-0.25, -0.2) is 0 Å². The van der Waals surface area contributed by atoms with E-state index in [1.165, 1.54) is 12.1 Å². The maximum Gasteiger partial charge on any atom is 0.269 e. The van der Waals surface area contributed by atoms with Crippen molar-refractivity contribution < 1.29 is 9.66 Å². The van der Waals surface area contributed by atoms with Crippen molar-refractivity contribution in [2.45, 2.75) is 13.0 Å². The lowest BCUT2D eigenvalue weighted by molar-refractivity contribution is -0.384. The van der Waals surface area contributed by atoms with Crippen molar-refractivity contribution in [1.29, 1.82) is 0 Å². The fourth-order valence-electron chi connectivity index (χ4n) is 1.64. The highest BCUT2D eigenvalue weighted by Gasteiger charge is 2.18. The van der Waals surface area contributed by atoms with Gasteiger partial charge in [0.2, 0.25) is 0 Å². The minimum atomic E-state index is -0.401. The molecule has 78 valence electrons. The highest BCUT2D eigenvalue weighted by molar-refractivity contribution is 5.36. The Hall–Kier alpha value is -1.68. The molecule has 1 atom stereocenters. The van der Waals surface area contributed by atoms with Crippen LogP contribution in [0.25, 0.3) is 0 Å². The van der Waals surface area contributed by atoms with E-state index >= 15 is 0 Å². The van der Waals surface area contributed by atoms with E-state index in [9.17, 15) is 10.1 Å². The molecule has 0 radical (unpaired) electrons. The molecule has 1 aliphatic heterocycles. The number of benzene rings is 1. The number of non-ortho nitro benzene ring substituents is 1. The van der Waals surface area contributed by atoms with Gasteiger partial charge in [0.05, 0.1) is 11.5 Å². The minimum absolute atomic E-state index is 0.0363. The van der Waals surface area contributed by atoms with Gasteiger partial charge in [-0.1, -0.05) is 6.08 Å². The molecule has 0 saturated heterocycles. The number of nitro benzene ring substituents is 1. The maximum atomic E-state index is 10.5. The molecule has 0 aromatic heterocycles. The highest BCUT2D eigenvalue weighted by Crippen LogP contribution is 2.30. The molecule has 4 heteroatoms. The second kappa shape index (κ2) is 3.82. The summed E-state index contributed by atoms with van der Waals surface area (Å²) < 4.78 is 5.49. The lowest BCUT2D eigenvalue weighted by Gasteiger charge is -2.11. The first kappa shape index (κ1) is 9.86. The largest absolute Gasteiger partial charge is 0.365 e. The third-order valence-electron chi connectivity index (χ3n) is 2.49. The van der Waals surface area contributed by atoms with Gasteiger partial charge in [0.15, 0.2) is 0 Å². The second-order valence-corrected chi connectivity index (χ2v) is 3.51. The summed E-state index contributed by atoms with van der Waals surface area (Å²) in [7, 11) is 0. The Kier molecular flexibility index (Phi) is 2.51. The third-order valence-corrected chi connectivity index (χ3v) is 2.49. The molecular formula is C11H11NO3. The smallest absolute Gasteiger partial charge is 0.269 e. The number of rotatable bonds is 2. The number of hydrogen-bond donors (Lipinski definition) is 0. The van der Waals surface area contributed by atoms with Crippen molar-refractivity contribution >= 4 is 5.69 Å². The number of nitro groups is 1. The van der Waals surface area contributed by atoms with Crippen molar-refractivity contribution in [3.05, 3.63) is 51.6 Å². The Morgan fingerprint density at radius 3 is 2.53 bits per heavy atom. The van der Waals surface area contributed by atoms with E-state index in [-0.39, 0.29) is 11.8 Å². The van der Waals surface area contributed by atoms with Crippen molar-refractivity contribution in [2.24, 2.45) is 0 Å². The Labute approximate surface area is 87.3 Å². The average molecular weight is 205 g/mol. The summed E-state index contributed by atoms with van der Waals surface area (Å²) in [6.45, 7) is 2.62. The molecule has 0 N–H and O–H groups in total. The summed E-state index contributed by atoms with van der Waals surface area (Å²) in [5, 5.41) is 10.5. The maximum absolute atomic E-state index is 10.5. The van der Waals surface area contributed by atoms with Gasteiger partial charge >= 0.3 is 0 Å². The van der Waals surface area contributed by atoms with Crippen molar-refractivity contribution in [3.63, 3.8) is 0 Å². The van der Waals surface area contributed by atoms with Gasteiger partial charge in [-0.3, -0.25) is 10.1 Å². The summed E-state index contributed by atoms with van der Waals surface area (Å²) in [6, 6.07) is 6.49. The number of nitrogens with zero attached hydrogens (tertiary/aromatic N) is 1. The molecule has 4 nitrogen and oxygen atoms in total. The van der Waals surface area contributed by atoms with Gasteiger partial charge in [-0.15, -0.1) is 0 Å². The Morgan fingerprint density at radius 2 is 2.07 bits per heavy atom. The molecule has 0 fully saturated rings. The third kappa shape index (κ3) is 1.89. The Morgan fingerprint density at radius 1 is 1.40 bits per heavy atom. The monoisotopic (exact) mass is 205 g/mol. The van der Waals surface area contributed by atoms with Crippen LogP contribution in [0, 0.1) is 10.1 Å². The molecule has 0 bridgehead atoms. The first-order valence-electron chi connectivity index (χ1n) is 4.71. The van der Waals surface area contributed by atoms with Crippen LogP contribution in [-0.2, 0) is 4.74 Å². The molecule has 1 aromatic carbocycles. The SMILES string of the molecule is CC1=CCOC1c1ccc([N+](=O)[O-])cc1. The van der Waals surface area contributed by atoms with E-state index in [0.29, 0.717) is 6.61 Å². The Bertz CT molecular complexity index is 408. The number of hydrogen-bond acceptors (Lipinski definition) is 3. The fraction of sp³-hybridized carbons (Fsp3) is 0.273. The van der Waals surface area contributed by atoms with Gasteiger partial charge in [0, 0.05) is 12.1 Å². The van der Waals surface area contributed by atoms with Crippen LogP contribution in [-0.4, -0.2) is 11.5 Å². The van der Waals surface area contributed by atoms with E-state index in [0.717, 1.165) is 11.1 Å². The molecule has 2 rings (SSSR count). The van der Waals surface area contributed by atoms with E-state index in [4.69, 9.17) is 4.74 Å². The lowest BCUT2D eigenvalue weighted by atomic mass is 10.0. The van der Waals surface area contributed by atoms with Gasteiger partial charge in [-0.2, -0.15) is 0 Å². The van der Waals surface area contributed by atoms with Crippen LogP contribution in [0.3, 0.4) is 0 Å². The zero-order valence-electron chi connectivity index (χ0n) is 8.34. The summed E-state index contributed by atoms with van der Waals surface area (Å²) >= 11 is 0. The first-order valence-corrected chi connectivity index (χ1v) is 4.71. The minimum Gasteiger partial charge on any atom is -0.365 e. The second-order valence-electron chi connectivity index (χ2n) is 3.51. The van der Waals surface area contributed by atoms with Crippen LogP contribution < -0.4 is 0 Å². The molecule has 1 unspecified atom stereocenters. The molecule has 0 aliphatic carbocycles. The summed E-state index contributed by atoms with van der Waals surface area (Å²) in [6.07, 6.45) is 1.98. The molecule has 15 heavy (non-hydrogen) atoms. The van der Waals surface area contributed by atoms with Crippen LogP contribution in [0.2, 0.25) is 0 Å². The van der Waals surface area contributed by atoms with Crippen LogP contribution >= 0.6 is 0 Å². The molecule has 1 heterocycles. The molecular weight excluding hydrogens is 194 g/mol. The predicted octanol–water partition coefficient (Wildman–Crippen LogP) is 2.61.